The van der Waals surface area contributed by atoms with E-state index in [0.717, 1.165) is 0 Å². The molecule has 0 aromatic carbocycles. The summed E-state index contributed by atoms with van der Waals surface area (Å²) in [6.45, 7) is 0.482. The molecule has 1 amide bonds. The third-order valence-electron chi connectivity index (χ3n) is 1.58. The zero-order valence-corrected chi connectivity index (χ0v) is 9.08. The van der Waals surface area contributed by atoms with Crippen molar-refractivity contribution in [1.82, 2.24) is 9.97 Å². The highest BCUT2D eigenvalue weighted by Gasteiger charge is 2.04. The molecule has 0 saturated carbocycles. The summed E-state index contributed by atoms with van der Waals surface area (Å²) in [5.74, 6) is -0.264. The highest BCUT2D eigenvalue weighted by Crippen LogP contribution is 2.10. The number of amides is 1. The second-order valence-electron chi connectivity index (χ2n) is 2.84. The number of anilines is 1. The molecule has 0 bridgehead atoms. The van der Waals surface area contributed by atoms with Gasteiger partial charge in [0.15, 0.2) is 5.82 Å². The number of H-pyrrole nitrogens is 1. The van der Waals surface area contributed by atoms with Crippen molar-refractivity contribution in [2.75, 3.05) is 25.1 Å². The van der Waals surface area contributed by atoms with Gasteiger partial charge in [0.05, 0.1) is 12.9 Å². The van der Waals surface area contributed by atoms with Gasteiger partial charge in [-0.15, -0.1) is 0 Å². The molecule has 1 heterocycles. The Balaban J connectivity index is 2.35. The smallest absolute Gasteiger partial charge is 0.271 e. The number of hydrogen-bond donors (Lipinski definition) is 3. The van der Waals surface area contributed by atoms with E-state index in [1.807, 2.05) is 0 Å². The van der Waals surface area contributed by atoms with Gasteiger partial charge in [-0.25, -0.2) is 4.98 Å². The third-order valence-corrected chi connectivity index (χ3v) is 1.93. The molecule has 0 aliphatic rings. The molecule has 0 unspecified atom stereocenters. The number of ether oxygens (including phenoxy) is 1. The van der Waals surface area contributed by atoms with E-state index in [0.29, 0.717) is 6.54 Å². The first-order valence-electron chi connectivity index (χ1n) is 4.44. The van der Waals surface area contributed by atoms with Crippen LogP contribution in [0.4, 0.5) is 5.82 Å². The molecule has 0 spiro atoms. The van der Waals surface area contributed by atoms with Crippen LogP contribution in [0.5, 0.6) is 0 Å². The first kappa shape index (κ1) is 12.5. The molecule has 7 nitrogen and oxygen atoms in total. The number of aromatic amines is 1. The standard InChI is InChI=1S/C8H11ClN4O3/c9-6-7(12-4-13-8(6)15)11-1-2-16-3-5(10)14/h4H,1-3H2,(H2,10,14)(H2,11,12,13,15). The number of nitrogens with one attached hydrogen (secondary N) is 2. The van der Waals surface area contributed by atoms with Crippen LogP contribution in [0.15, 0.2) is 11.1 Å². The largest absolute Gasteiger partial charge is 0.370 e. The van der Waals surface area contributed by atoms with E-state index in [9.17, 15) is 9.59 Å². The van der Waals surface area contributed by atoms with Crippen LogP contribution in [-0.4, -0.2) is 35.6 Å². The number of carbonyl (C=O) groups excluding carboxylic acids is 1. The SMILES string of the molecule is NC(=O)COCCNc1nc[nH]c(=O)c1Cl. The molecule has 0 aliphatic heterocycles. The fraction of sp³-hybridized carbons (Fsp3) is 0.375. The van der Waals surface area contributed by atoms with Crippen LogP contribution >= 0.6 is 11.6 Å². The predicted octanol–water partition coefficient (Wildman–Crippen LogP) is -0.663. The molecular weight excluding hydrogens is 236 g/mol. The van der Waals surface area contributed by atoms with Crippen LogP contribution in [0.25, 0.3) is 0 Å². The Bertz CT molecular complexity index is 420. The summed E-state index contributed by atoms with van der Waals surface area (Å²) in [7, 11) is 0. The number of hydrogen-bond acceptors (Lipinski definition) is 5. The summed E-state index contributed by atoms with van der Waals surface area (Å²) in [5, 5.41) is 2.77. The first-order chi connectivity index (χ1) is 7.61. The lowest BCUT2D eigenvalue weighted by molar-refractivity contribution is -0.122. The Morgan fingerprint density at radius 3 is 3.12 bits per heavy atom. The Labute approximate surface area is 96.0 Å². The topological polar surface area (TPSA) is 110 Å². The summed E-state index contributed by atoms with van der Waals surface area (Å²) in [6.07, 6.45) is 1.24. The van der Waals surface area contributed by atoms with Crippen molar-refractivity contribution >= 4 is 23.3 Å². The van der Waals surface area contributed by atoms with Crippen LogP contribution in [0, 0.1) is 0 Å². The molecule has 0 aliphatic carbocycles. The van der Waals surface area contributed by atoms with Crippen molar-refractivity contribution in [3.8, 4) is 0 Å². The van der Waals surface area contributed by atoms with Gasteiger partial charge >= 0.3 is 0 Å². The maximum absolute atomic E-state index is 11.1. The van der Waals surface area contributed by atoms with Gasteiger partial charge in [-0.3, -0.25) is 9.59 Å². The van der Waals surface area contributed by atoms with Gasteiger partial charge in [-0.2, -0.15) is 0 Å². The van der Waals surface area contributed by atoms with Crippen molar-refractivity contribution < 1.29 is 9.53 Å². The van der Waals surface area contributed by atoms with Crippen LogP contribution < -0.4 is 16.6 Å². The fourth-order valence-electron chi connectivity index (χ4n) is 0.921. The van der Waals surface area contributed by atoms with Gasteiger partial charge in [0.1, 0.15) is 11.6 Å². The molecule has 4 N–H and O–H groups in total. The van der Waals surface area contributed by atoms with Crippen molar-refractivity contribution in [2.45, 2.75) is 0 Å². The molecule has 1 aromatic rings. The molecule has 16 heavy (non-hydrogen) atoms. The van der Waals surface area contributed by atoms with Crippen LogP contribution in [-0.2, 0) is 9.53 Å². The molecule has 1 aromatic heterocycles. The van der Waals surface area contributed by atoms with Gasteiger partial charge in [0.2, 0.25) is 5.91 Å². The summed E-state index contributed by atoms with van der Waals surface area (Å²) in [6, 6.07) is 0. The highest BCUT2D eigenvalue weighted by atomic mass is 35.5. The van der Waals surface area contributed by atoms with Gasteiger partial charge < -0.3 is 20.8 Å². The molecule has 0 radical (unpaired) electrons. The van der Waals surface area contributed by atoms with E-state index in [-0.39, 0.29) is 24.1 Å². The number of carbonyl (C=O) groups is 1. The molecule has 88 valence electrons. The van der Waals surface area contributed by atoms with Crippen molar-refractivity contribution in [3.05, 3.63) is 21.7 Å². The Kier molecular flexibility index (Phi) is 4.74. The van der Waals surface area contributed by atoms with Crippen molar-refractivity contribution in [3.63, 3.8) is 0 Å². The van der Waals surface area contributed by atoms with E-state index < -0.39 is 11.5 Å². The third kappa shape index (κ3) is 3.87. The second-order valence-corrected chi connectivity index (χ2v) is 3.22. The van der Waals surface area contributed by atoms with E-state index >= 15 is 0 Å². The second kappa shape index (κ2) is 6.09. The summed E-state index contributed by atoms with van der Waals surface area (Å²) < 4.78 is 4.89. The Morgan fingerprint density at radius 1 is 1.69 bits per heavy atom. The average molecular weight is 247 g/mol. The number of nitrogens with zero attached hydrogens (tertiary/aromatic N) is 1. The number of aromatic nitrogens is 2. The van der Waals surface area contributed by atoms with Gasteiger partial charge in [0.25, 0.3) is 5.56 Å². The fourth-order valence-corrected chi connectivity index (χ4v) is 1.09. The lowest BCUT2D eigenvalue weighted by atomic mass is 10.5. The molecular formula is C8H11ClN4O3. The molecule has 0 fully saturated rings. The number of halogens is 1. The molecule has 1 rings (SSSR count). The predicted molar refractivity (Wildman–Crippen MR) is 58.4 cm³/mol. The molecule has 0 atom stereocenters. The van der Waals surface area contributed by atoms with Crippen LogP contribution in [0.3, 0.4) is 0 Å². The van der Waals surface area contributed by atoms with E-state index in [1.165, 1.54) is 6.33 Å². The first-order valence-corrected chi connectivity index (χ1v) is 4.82. The number of primary amides is 1. The minimum Gasteiger partial charge on any atom is -0.370 e. The summed E-state index contributed by atoms with van der Waals surface area (Å²) in [4.78, 5) is 27.5. The summed E-state index contributed by atoms with van der Waals surface area (Å²) >= 11 is 5.67. The number of rotatable bonds is 6. The zero-order chi connectivity index (χ0) is 12.0. The quantitative estimate of drug-likeness (QED) is 0.577. The maximum Gasteiger partial charge on any atom is 0.271 e. The number of nitrogens with two attached hydrogens (primary N) is 1. The zero-order valence-electron chi connectivity index (χ0n) is 8.33. The average Bonchev–Trinajstić information content (AvgIpc) is 2.23. The van der Waals surface area contributed by atoms with Gasteiger partial charge in [-0.05, 0) is 0 Å². The molecule has 0 saturated heterocycles. The summed E-state index contributed by atoms with van der Waals surface area (Å²) in [5.41, 5.74) is 4.45. The van der Waals surface area contributed by atoms with E-state index in [1.54, 1.807) is 0 Å². The van der Waals surface area contributed by atoms with E-state index in [4.69, 9.17) is 22.1 Å². The van der Waals surface area contributed by atoms with Crippen LogP contribution in [0.2, 0.25) is 5.02 Å². The monoisotopic (exact) mass is 246 g/mol. The maximum atomic E-state index is 11.1. The minimum absolute atomic E-state index is 0.0163. The van der Waals surface area contributed by atoms with Gasteiger partial charge in [-0.1, -0.05) is 11.6 Å². The normalized spacial score (nSPS) is 10.1. The Hall–Kier alpha value is -1.60. The lowest BCUT2D eigenvalue weighted by Gasteiger charge is -2.06. The van der Waals surface area contributed by atoms with Crippen LogP contribution in [0.1, 0.15) is 0 Å². The van der Waals surface area contributed by atoms with Crippen molar-refractivity contribution in [2.24, 2.45) is 5.73 Å². The Morgan fingerprint density at radius 2 is 2.44 bits per heavy atom. The lowest BCUT2D eigenvalue weighted by Crippen LogP contribution is -2.21. The van der Waals surface area contributed by atoms with Crippen molar-refractivity contribution in [1.29, 1.82) is 0 Å². The minimum atomic E-state index is -0.535. The highest BCUT2D eigenvalue weighted by molar-refractivity contribution is 6.32. The molecule has 8 heteroatoms. The van der Waals surface area contributed by atoms with Gasteiger partial charge in [0, 0.05) is 6.54 Å². The van der Waals surface area contributed by atoms with E-state index in [2.05, 4.69) is 15.3 Å².